The second-order valence-electron chi connectivity index (χ2n) is 13.0. The molecule has 1 N–H and O–H groups in total. The van der Waals surface area contributed by atoms with Gasteiger partial charge in [0.25, 0.3) is 0 Å². The van der Waals surface area contributed by atoms with Crippen molar-refractivity contribution < 1.29 is 9.53 Å². The maximum atomic E-state index is 13.5. The lowest BCUT2D eigenvalue weighted by atomic mass is 9.77. The Bertz CT molecular complexity index is 1050. The number of carbonyl (C=O) groups excluding carboxylic acids is 1. The largest absolute Gasteiger partial charge is 0.491 e. The lowest BCUT2D eigenvalue weighted by Crippen LogP contribution is -2.51. The number of carbonyl (C=O) groups is 1. The van der Waals surface area contributed by atoms with E-state index in [0.717, 1.165) is 51.2 Å². The second-order valence-corrected chi connectivity index (χ2v) is 13.0. The molecule has 0 aromatic heterocycles. The zero-order valence-electron chi connectivity index (χ0n) is 27.2. The molecule has 1 aromatic carbocycles. The molecule has 0 amide bonds. The Morgan fingerprint density at radius 1 is 1.12 bits per heavy atom. The first kappa shape index (κ1) is 33.2. The summed E-state index contributed by atoms with van der Waals surface area (Å²) in [4.78, 5) is 15.8. The Balaban J connectivity index is 1.49. The third kappa shape index (κ3) is 10.5. The van der Waals surface area contributed by atoms with Crippen LogP contribution in [-0.4, -0.2) is 36.4 Å². The summed E-state index contributed by atoms with van der Waals surface area (Å²) in [5.74, 6) is 2.82. The topological polar surface area (TPSA) is 41.6 Å². The normalized spacial score (nSPS) is 19.3. The molecule has 3 atom stereocenters. The quantitative estimate of drug-likeness (QED) is 0.193. The lowest BCUT2D eigenvalue weighted by molar-refractivity contribution is -0.133. The Morgan fingerprint density at radius 2 is 1.88 bits per heavy atom. The van der Waals surface area contributed by atoms with E-state index in [4.69, 9.17) is 4.74 Å². The van der Waals surface area contributed by atoms with Crippen LogP contribution in [0.5, 0.6) is 5.75 Å². The lowest BCUT2D eigenvalue weighted by Gasteiger charge is -2.40. The number of ether oxygens (including phenoxy) is 1. The summed E-state index contributed by atoms with van der Waals surface area (Å²) in [7, 11) is 0. The fourth-order valence-electron chi connectivity index (χ4n) is 6.45. The van der Waals surface area contributed by atoms with E-state index in [9.17, 15) is 4.79 Å². The number of benzene rings is 1. The van der Waals surface area contributed by atoms with Crippen molar-refractivity contribution in [3.63, 3.8) is 0 Å². The molecule has 2 heterocycles. The molecule has 3 unspecified atom stereocenters. The third-order valence-corrected chi connectivity index (χ3v) is 9.09. The highest BCUT2D eigenvalue weighted by Crippen LogP contribution is 2.32. The molecule has 228 valence electrons. The van der Waals surface area contributed by atoms with Crippen LogP contribution in [0.25, 0.3) is 0 Å². The molecule has 41 heavy (non-hydrogen) atoms. The van der Waals surface area contributed by atoms with E-state index in [-0.39, 0.29) is 17.9 Å². The van der Waals surface area contributed by atoms with Crippen LogP contribution in [0.1, 0.15) is 105 Å². The van der Waals surface area contributed by atoms with E-state index in [1.165, 1.54) is 54.5 Å². The molecule has 1 aromatic rings. The standard InChI is InChI=1S/C37H58N2O2/c1-8-13-31(20-21-33-16-12-22-38-30(33)7)18-19-32(14-9-2)23-28(5)29(6)37(40)35-25-39(26-35)24-34-15-10-11-17-36(34)41-27(3)4/h10-11,13,15,17,20-21,27-29,32,35,38H,8-9,12,14,16,18-19,22-26H2,1-7H3/b21-20-,31-13+. The van der Waals surface area contributed by atoms with Crippen LogP contribution >= 0.6 is 0 Å². The molecule has 4 nitrogen and oxygen atoms in total. The zero-order valence-corrected chi connectivity index (χ0v) is 27.2. The number of nitrogens with one attached hydrogen (secondary N) is 1. The van der Waals surface area contributed by atoms with Gasteiger partial charge in [0.05, 0.1) is 6.10 Å². The molecule has 3 rings (SSSR count). The van der Waals surface area contributed by atoms with Crippen LogP contribution in [0.15, 0.2) is 59.3 Å². The SMILES string of the molecule is CC/C=C(/C=C\C1=C(C)NCCC1)CCC(CCC)CC(C)C(C)C(=O)C1CN(Cc2ccccc2OC(C)C)C1. The fraction of sp³-hybridized carbons (Fsp3) is 0.649. The average Bonchev–Trinajstić information content (AvgIpc) is 2.92. The van der Waals surface area contributed by atoms with Crippen LogP contribution < -0.4 is 10.1 Å². The van der Waals surface area contributed by atoms with Crippen LogP contribution in [0.3, 0.4) is 0 Å². The minimum Gasteiger partial charge on any atom is -0.491 e. The Hall–Kier alpha value is -2.33. The number of hydrogen-bond acceptors (Lipinski definition) is 4. The van der Waals surface area contributed by atoms with Crippen LogP contribution in [0.4, 0.5) is 0 Å². The summed E-state index contributed by atoms with van der Waals surface area (Å²) in [6.45, 7) is 19.0. The molecule has 0 bridgehead atoms. The van der Waals surface area contributed by atoms with Crippen molar-refractivity contribution in [2.75, 3.05) is 19.6 Å². The summed E-state index contributed by atoms with van der Waals surface area (Å²) < 4.78 is 6.00. The molecular weight excluding hydrogens is 504 g/mol. The highest BCUT2D eigenvalue weighted by molar-refractivity contribution is 5.84. The smallest absolute Gasteiger partial charge is 0.141 e. The summed E-state index contributed by atoms with van der Waals surface area (Å²) >= 11 is 0. The van der Waals surface area contributed by atoms with Crippen molar-refractivity contribution in [1.82, 2.24) is 10.2 Å². The van der Waals surface area contributed by atoms with Crippen molar-refractivity contribution >= 4 is 5.78 Å². The van der Waals surface area contributed by atoms with Gasteiger partial charge in [0.15, 0.2) is 0 Å². The zero-order chi connectivity index (χ0) is 29.8. The van der Waals surface area contributed by atoms with Gasteiger partial charge in [0.2, 0.25) is 0 Å². The predicted octanol–water partition coefficient (Wildman–Crippen LogP) is 8.88. The molecule has 0 spiro atoms. The van der Waals surface area contributed by atoms with Gasteiger partial charge in [-0.1, -0.05) is 82.5 Å². The maximum absolute atomic E-state index is 13.5. The van der Waals surface area contributed by atoms with Gasteiger partial charge in [-0.15, -0.1) is 0 Å². The number of para-hydroxylation sites is 1. The molecule has 4 heteroatoms. The van der Waals surface area contributed by atoms with Gasteiger partial charge in [0.1, 0.15) is 11.5 Å². The van der Waals surface area contributed by atoms with Crippen molar-refractivity contribution in [3.8, 4) is 5.75 Å². The summed E-state index contributed by atoms with van der Waals surface area (Å²) in [6.07, 6.45) is 16.7. The number of rotatable bonds is 17. The molecular formula is C37H58N2O2. The first-order valence-corrected chi connectivity index (χ1v) is 16.5. The predicted molar refractivity (Wildman–Crippen MR) is 174 cm³/mol. The summed E-state index contributed by atoms with van der Waals surface area (Å²) in [5.41, 5.74) is 5.46. The van der Waals surface area contributed by atoms with E-state index in [1.807, 2.05) is 6.07 Å². The van der Waals surface area contributed by atoms with Crippen molar-refractivity contribution in [3.05, 3.63) is 64.9 Å². The van der Waals surface area contributed by atoms with Gasteiger partial charge in [-0.2, -0.15) is 0 Å². The van der Waals surface area contributed by atoms with Gasteiger partial charge in [-0.05, 0) is 82.8 Å². The molecule has 1 saturated heterocycles. The van der Waals surface area contributed by atoms with E-state index in [0.29, 0.717) is 17.6 Å². The van der Waals surface area contributed by atoms with E-state index in [1.54, 1.807) is 0 Å². The average molecular weight is 563 g/mol. The Labute approximate surface area is 251 Å². The van der Waals surface area contributed by atoms with E-state index < -0.39 is 0 Å². The van der Waals surface area contributed by atoms with Gasteiger partial charge in [-0.25, -0.2) is 0 Å². The first-order valence-electron chi connectivity index (χ1n) is 16.5. The maximum Gasteiger partial charge on any atom is 0.141 e. The van der Waals surface area contributed by atoms with Crippen molar-refractivity contribution in [2.45, 2.75) is 112 Å². The molecule has 1 fully saturated rings. The van der Waals surface area contributed by atoms with E-state index >= 15 is 0 Å². The van der Waals surface area contributed by atoms with Crippen molar-refractivity contribution in [1.29, 1.82) is 0 Å². The van der Waals surface area contributed by atoms with Crippen LogP contribution in [0.2, 0.25) is 0 Å². The van der Waals surface area contributed by atoms with E-state index in [2.05, 4.69) is 95.1 Å². The van der Waals surface area contributed by atoms with Crippen molar-refractivity contribution in [2.24, 2.45) is 23.7 Å². The first-order chi connectivity index (χ1) is 19.7. The highest BCUT2D eigenvalue weighted by atomic mass is 16.5. The molecule has 0 aliphatic carbocycles. The number of nitrogens with zero attached hydrogens (tertiary/aromatic N) is 1. The number of hydrogen-bond donors (Lipinski definition) is 1. The second kappa shape index (κ2) is 16.9. The number of ketones is 1. The van der Waals surface area contributed by atoms with Gasteiger partial charge in [0, 0.05) is 49.3 Å². The minimum atomic E-state index is 0.123. The fourth-order valence-corrected chi connectivity index (χ4v) is 6.45. The van der Waals surface area contributed by atoms with Crippen LogP contribution in [-0.2, 0) is 11.3 Å². The Morgan fingerprint density at radius 3 is 2.56 bits per heavy atom. The third-order valence-electron chi connectivity index (χ3n) is 9.09. The summed E-state index contributed by atoms with van der Waals surface area (Å²) in [6, 6.07) is 8.31. The highest BCUT2D eigenvalue weighted by Gasteiger charge is 2.36. The molecule has 0 saturated carbocycles. The monoisotopic (exact) mass is 562 g/mol. The molecule has 2 aliphatic heterocycles. The van der Waals surface area contributed by atoms with Crippen LogP contribution in [0, 0.1) is 23.7 Å². The van der Waals surface area contributed by atoms with Gasteiger partial charge < -0.3 is 10.1 Å². The minimum absolute atomic E-state index is 0.123. The summed E-state index contributed by atoms with van der Waals surface area (Å²) in [5, 5.41) is 3.51. The molecule has 2 aliphatic rings. The number of likely N-dealkylation sites (tertiary alicyclic amines) is 1. The molecule has 0 radical (unpaired) electrons. The number of Topliss-reactive ketones (excluding diaryl/α,β-unsaturated/α-hetero) is 1. The number of allylic oxidation sites excluding steroid dienone is 6. The van der Waals surface area contributed by atoms with Gasteiger partial charge >= 0.3 is 0 Å². The Kier molecular flexibility index (Phi) is 13.7. The van der Waals surface area contributed by atoms with Gasteiger partial charge in [-0.3, -0.25) is 9.69 Å².